The van der Waals surface area contributed by atoms with E-state index in [2.05, 4.69) is 0 Å². The molecule has 0 fully saturated rings. The van der Waals surface area contributed by atoms with Gasteiger partial charge in [0.05, 0.1) is 0 Å². The molecule has 2 aromatic rings. The van der Waals surface area contributed by atoms with Crippen molar-refractivity contribution in [3.05, 3.63) is 59.1 Å². The Labute approximate surface area is 104 Å². The summed E-state index contributed by atoms with van der Waals surface area (Å²) in [5.41, 5.74) is 1.19. The molecule has 0 aromatic heterocycles. The highest BCUT2D eigenvalue weighted by molar-refractivity contribution is 7.98. The Hall–Kier alpha value is -1.12. The maximum Gasteiger partial charge on any atom is 0.129 e. The molecule has 2 aromatic carbocycles. The lowest BCUT2D eigenvalue weighted by Crippen LogP contribution is -1.80. The minimum absolute atomic E-state index is 0.335. The van der Waals surface area contributed by atoms with Crippen LogP contribution in [0.15, 0.2) is 53.4 Å². The summed E-state index contributed by atoms with van der Waals surface area (Å²) >= 11 is 7.42. The van der Waals surface area contributed by atoms with Crippen molar-refractivity contribution in [1.29, 1.82) is 0 Å². The van der Waals surface area contributed by atoms with Gasteiger partial charge in [0.15, 0.2) is 0 Å². The van der Waals surface area contributed by atoms with Crippen molar-refractivity contribution in [3.63, 3.8) is 0 Å². The Balaban J connectivity index is 2.02. The summed E-state index contributed by atoms with van der Waals surface area (Å²) in [5.74, 6) is 1.16. The molecular weight excluding hydrogens is 240 g/mol. The average Bonchev–Trinajstić information content (AvgIpc) is 2.30. The van der Waals surface area contributed by atoms with Crippen molar-refractivity contribution in [3.8, 4) is 5.75 Å². The third kappa shape index (κ3) is 2.94. The van der Waals surface area contributed by atoms with Crippen molar-refractivity contribution < 1.29 is 5.11 Å². The van der Waals surface area contributed by atoms with E-state index in [-0.39, 0.29) is 0 Å². The molecule has 0 atom stereocenters. The van der Waals surface area contributed by atoms with Gasteiger partial charge in [0.25, 0.3) is 0 Å². The van der Waals surface area contributed by atoms with Crippen molar-refractivity contribution in [2.45, 2.75) is 10.6 Å². The number of phenols is 1. The number of hydrogen-bond donors (Lipinski definition) is 1. The Morgan fingerprint density at radius 1 is 1.00 bits per heavy atom. The van der Waals surface area contributed by atoms with E-state index in [0.717, 1.165) is 15.7 Å². The van der Waals surface area contributed by atoms with Crippen molar-refractivity contribution >= 4 is 23.4 Å². The number of benzene rings is 2. The second-order valence-electron chi connectivity index (χ2n) is 3.38. The van der Waals surface area contributed by atoms with E-state index >= 15 is 0 Å². The first kappa shape index (κ1) is 11.4. The Morgan fingerprint density at radius 3 is 2.38 bits per heavy atom. The van der Waals surface area contributed by atoms with Gasteiger partial charge in [-0.05, 0) is 29.8 Å². The fraction of sp³-hybridized carbons (Fsp3) is 0.0769. The van der Waals surface area contributed by atoms with Crippen LogP contribution in [0.4, 0.5) is 0 Å². The summed E-state index contributed by atoms with van der Waals surface area (Å²) in [6.07, 6.45) is 0. The van der Waals surface area contributed by atoms with E-state index in [1.165, 1.54) is 5.56 Å². The Kier molecular flexibility index (Phi) is 3.75. The molecule has 3 heteroatoms. The topological polar surface area (TPSA) is 20.2 Å². The second-order valence-corrected chi connectivity index (χ2v) is 4.84. The molecule has 82 valence electrons. The lowest BCUT2D eigenvalue weighted by molar-refractivity contribution is 0.462. The standard InChI is InChI=1S/C13H11ClOS/c14-11-7-5-10(6-8-11)9-16-13-4-2-1-3-12(13)15/h1-8,15H,9H2. The molecule has 0 saturated heterocycles. The number of halogens is 1. The van der Waals surface area contributed by atoms with Crippen molar-refractivity contribution in [2.24, 2.45) is 0 Å². The monoisotopic (exact) mass is 250 g/mol. The summed E-state index contributed by atoms with van der Waals surface area (Å²) in [5, 5.41) is 10.3. The van der Waals surface area contributed by atoms with Crippen LogP contribution in [0, 0.1) is 0 Å². The summed E-state index contributed by atoms with van der Waals surface area (Å²) in [6.45, 7) is 0. The van der Waals surface area contributed by atoms with Crippen LogP contribution in [-0.4, -0.2) is 5.11 Å². The molecule has 0 bridgehead atoms. The molecule has 0 aliphatic rings. The lowest BCUT2D eigenvalue weighted by Gasteiger charge is -2.04. The van der Waals surface area contributed by atoms with Crippen LogP contribution < -0.4 is 0 Å². The molecule has 16 heavy (non-hydrogen) atoms. The molecule has 0 heterocycles. The van der Waals surface area contributed by atoms with Crippen LogP contribution in [0.5, 0.6) is 5.75 Å². The molecule has 0 radical (unpaired) electrons. The number of aromatic hydroxyl groups is 1. The number of para-hydroxylation sites is 1. The average molecular weight is 251 g/mol. The first-order chi connectivity index (χ1) is 7.75. The predicted octanol–water partition coefficient (Wildman–Crippen LogP) is 4.34. The SMILES string of the molecule is Oc1ccccc1SCc1ccc(Cl)cc1. The van der Waals surface area contributed by atoms with Crippen LogP contribution in [0.1, 0.15) is 5.56 Å². The van der Waals surface area contributed by atoms with Crippen LogP contribution in [0.25, 0.3) is 0 Å². The van der Waals surface area contributed by atoms with Gasteiger partial charge in [-0.1, -0.05) is 35.9 Å². The number of thioether (sulfide) groups is 1. The fourth-order valence-corrected chi connectivity index (χ4v) is 2.35. The third-order valence-electron chi connectivity index (χ3n) is 2.17. The van der Waals surface area contributed by atoms with E-state index in [1.54, 1.807) is 17.8 Å². The third-order valence-corrected chi connectivity index (χ3v) is 3.56. The van der Waals surface area contributed by atoms with Crippen LogP contribution >= 0.6 is 23.4 Å². The van der Waals surface area contributed by atoms with Gasteiger partial charge in [-0.15, -0.1) is 11.8 Å². The minimum Gasteiger partial charge on any atom is -0.507 e. The van der Waals surface area contributed by atoms with Crippen LogP contribution in [0.3, 0.4) is 0 Å². The van der Waals surface area contributed by atoms with Gasteiger partial charge in [0.2, 0.25) is 0 Å². The van der Waals surface area contributed by atoms with E-state index in [0.29, 0.717) is 5.75 Å². The maximum absolute atomic E-state index is 9.59. The van der Waals surface area contributed by atoms with Gasteiger partial charge < -0.3 is 5.11 Å². The molecule has 0 amide bonds. The van der Waals surface area contributed by atoms with Gasteiger partial charge >= 0.3 is 0 Å². The second kappa shape index (κ2) is 5.28. The molecule has 0 aliphatic heterocycles. The number of rotatable bonds is 3. The number of phenolic OH excluding ortho intramolecular Hbond substituents is 1. The Morgan fingerprint density at radius 2 is 1.69 bits per heavy atom. The zero-order valence-corrected chi connectivity index (χ0v) is 10.1. The maximum atomic E-state index is 9.59. The van der Waals surface area contributed by atoms with E-state index in [4.69, 9.17) is 11.6 Å². The highest BCUT2D eigenvalue weighted by Crippen LogP contribution is 2.30. The molecule has 2 rings (SSSR count). The lowest BCUT2D eigenvalue weighted by atomic mass is 10.2. The fourth-order valence-electron chi connectivity index (χ4n) is 1.32. The van der Waals surface area contributed by atoms with Crippen LogP contribution in [-0.2, 0) is 5.75 Å². The zero-order chi connectivity index (χ0) is 11.4. The van der Waals surface area contributed by atoms with Gasteiger partial charge in [0, 0.05) is 15.7 Å². The summed E-state index contributed by atoms with van der Waals surface area (Å²) in [4.78, 5) is 0.900. The highest BCUT2D eigenvalue weighted by Gasteiger charge is 2.00. The first-order valence-corrected chi connectivity index (χ1v) is 6.27. The molecule has 0 unspecified atom stereocenters. The molecule has 1 N–H and O–H groups in total. The quantitative estimate of drug-likeness (QED) is 0.818. The van der Waals surface area contributed by atoms with Crippen molar-refractivity contribution in [1.82, 2.24) is 0 Å². The summed E-state index contributed by atoms with van der Waals surface area (Å²) in [7, 11) is 0. The van der Waals surface area contributed by atoms with Gasteiger partial charge in [0.1, 0.15) is 5.75 Å². The van der Waals surface area contributed by atoms with Gasteiger partial charge in [-0.25, -0.2) is 0 Å². The normalized spacial score (nSPS) is 10.3. The van der Waals surface area contributed by atoms with E-state index in [1.807, 2.05) is 42.5 Å². The molecule has 0 saturated carbocycles. The van der Waals surface area contributed by atoms with E-state index in [9.17, 15) is 5.11 Å². The molecular formula is C13H11ClOS. The molecule has 0 spiro atoms. The summed E-state index contributed by atoms with van der Waals surface area (Å²) < 4.78 is 0. The molecule has 1 nitrogen and oxygen atoms in total. The smallest absolute Gasteiger partial charge is 0.129 e. The largest absolute Gasteiger partial charge is 0.507 e. The minimum atomic E-state index is 0.335. The van der Waals surface area contributed by atoms with Crippen molar-refractivity contribution in [2.75, 3.05) is 0 Å². The predicted molar refractivity (Wildman–Crippen MR) is 69.1 cm³/mol. The Bertz CT molecular complexity index is 468. The van der Waals surface area contributed by atoms with Gasteiger partial charge in [-0.2, -0.15) is 0 Å². The summed E-state index contributed by atoms with van der Waals surface area (Å²) in [6, 6.07) is 15.1. The van der Waals surface area contributed by atoms with Gasteiger partial charge in [-0.3, -0.25) is 0 Å². The molecule has 0 aliphatic carbocycles. The van der Waals surface area contributed by atoms with E-state index < -0.39 is 0 Å². The van der Waals surface area contributed by atoms with Crippen LogP contribution in [0.2, 0.25) is 5.02 Å². The number of hydrogen-bond acceptors (Lipinski definition) is 2. The first-order valence-electron chi connectivity index (χ1n) is 4.91. The zero-order valence-electron chi connectivity index (χ0n) is 8.56. The highest BCUT2D eigenvalue weighted by atomic mass is 35.5.